The van der Waals surface area contributed by atoms with Crippen LogP contribution in [0.25, 0.3) is 0 Å². The summed E-state index contributed by atoms with van der Waals surface area (Å²) in [6, 6.07) is 20.1. The molecule has 0 aromatic heterocycles. The molecule has 0 spiro atoms. The van der Waals surface area contributed by atoms with E-state index in [4.69, 9.17) is 9.47 Å². The number of piperidine rings is 2. The minimum absolute atomic E-state index is 0.00156. The largest absolute Gasteiger partial charge is 0.383 e. The fraction of sp³-hybridized carbons (Fsp3) is 0.562. The molecule has 2 amide bonds. The Balaban J connectivity index is 0.000000222. The predicted octanol–water partition coefficient (Wildman–Crippen LogP) is 3.44. The number of hydrogen-bond donors (Lipinski definition) is 2. The topological polar surface area (TPSA) is 83.1 Å². The van der Waals surface area contributed by atoms with Crippen molar-refractivity contribution in [3.05, 3.63) is 71.8 Å². The molecule has 2 N–H and O–H groups in total. The summed E-state index contributed by atoms with van der Waals surface area (Å²) in [4.78, 5) is 28.6. The fourth-order valence-corrected chi connectivity index (χ4v) is 5.20. The molecule has 2 aliphatic heterocycles. The van der Waals surface area contributed by atoms with Gasteiger partial charge in [-0.1, -0.05) is 48.5 Å². The maximum atomic E-state index is 12.3. The molecule has 2 heterocycles. The van der Waals surface area contributed by atoms with Crippen LogP contribution in [0.3, 0.4) is 0 Å². The van der Waals surface area contributed by atoms with E-state index in [9.17, 15) is 9.59 Å². The lowest BCUT2D eigenvalue weighted by Crippen LogP contribution is -2.43. The first-order valence-corrected chi connectivity index (χ1v) is 14.7. The summed E-state index contributed by atoms with van der Waals surface area (Å²) in [7, 11) is 3.36. The van der Waals surface area contributed by atoms with Crippen LogP contribution in [0.4, 0.5) is 0 Å². The number of nitrogens with zero attached hydrogens (tertiary/aromatic N) is 2. The van der Waals surface area contributed by atoms with Crippen LogP contribution in [0.5, 0.6) is 0 Å². The highest BCUT2D eigenvalue weighted by atomic mass is 16.5. The number of carbonyl (C=O) groups is 2. The molecule has 8 nitrogen and oxygen atoms in total. The lowest BCUT2D eigenvalue weighted by molar-refractivity contribution is -0.126. The van der Waals surface area contributed by atoms with Crippen molar-refractivity contribution in [3.8, 4) is 0 Å². The molecule has 8 heteroatoms. The molecule has 0 bridgehead atoms. The average molecular weight is 553 g/mol. The van der Waals surface area contributed by atoms with E-state index < -0.39 is 0 Å². The Morgan fingerprint density at radius 2 is 1.40 bits per heavy atom. The highest BCUT2D eigenvalue weighted by Gasteiger charge is 2.27. The van der Waals surface area contributed by atoms with Gasteiger partial charge in [0.2, 0.25) is 5.91 Å². The molecular weight excluding hydrogens is 504 g/mol. The zero-order valence-corrected chi connectivity index (χ0v) is 24.4. The van der Waals surface area contributed by atoms with Crippen LogP contribution < -0.4 is 10.6 Å². The predicted molar refractivity (Wildman–Crippen MR) is 159 cm³/mol. The van der Waals surface area contributed by atoms with Gasteiger partial charge < -0.3 is 25.0 Å². The molecule has 0 aliphatic carbocycles. The molecule has 220 valence electrons. The van der Waals surface area contributed by atoms with Gasteiger partial charge >= 0.3 is 0 Å². The molecule has 0 saturated carbocycles. The quantitative estimate of drug-likeness (QED) is 0.393. The second-order valence-electron chi connectivity index (χ2n) is 10.6. The van der Waals surface area contributed by atoms with Crippen LogP contribution in [-0.4, -0.2) is 94.9 Å². The number of likely N-dealkylation sites (tertiary alicyclic amines) is 2. The van der Waals surface area contributed by atoms with Crippen LogP contribution in [0.15, 0.2) is 60.7 Å². The van der Waals surface area contributed by atoms with Gasteiger partial charge in [0.05, 0.1) is 13.2 Å². The van der Waals surface area contributed by atoms with Gasteiger partial charge in [-0.05, 0) is 68.9 Å². The number of hydrogen-bond acceptors (Lipinski definition) is 6. The second kappa shape index (κ2) is 18.5. The Morgan fingerprint density at radius 1 is 0.800 bits per heavy atom. The van der Waals surface area contributed by atoms with Gasteiger partial charge in [-0.2, -0.15) is 0 Å². The van der Waals surface area contributed by atoms with Gasteiger partial charge in [-0.25, -0.2) is 0 Å². The van der Waals surface area contributed by atoms with Gasteiger partial charge in [-0.3, -0.25) is 14.5 Å². The normalized spacial score (nSPS) is 16.7. The Bertz CT molecular complexity index is 959. The monoisotopic (exact) mass is 552 g/mol. The molecule has 0 radical (unpaired) electrons. The van der Waals surface area contributed by atoms with Crippen LogP contribution in [0.1, 0.15) is 41.6 Å². The van der Waals surface area contributed by atoms with Crippen molar-refractivity contribution in [1.82, 2.24) is 20.4 Å². The molecule has 0 unspecified atom stereocenters. The smallest absolute Gasteiger partial charge is 0.253 e. The van der Waals surface area contributed by atoms with Gasteiger partial charge in [0, 0.05) is 58.4 Å². The summed E-state index contributed by atoms with van der Waals surface area (Å²) in [5, 5.41) is 6.34. The summed E-state index contributed by atoms with van der Waals surface area (Å²) in [6.45, 7) is 8.82. The van der Waals surface area contributed by atoms with Crippen molar-refractivity contribution >= 4 is 11.8 Å². The van der Waals surface area contributed by atoms with Crippen LogP contribution >= 0.6 is 0 Å². The molecule has 2 aliphatic rings. The Morgan fingerprint density at radius 3 is 2.02 bits per heavy atom. The van der Waals surface area contributed by atoms with E-state index >= 15 is 0 Å². The van der Waals surface area contributed by atoms with Gasteiger partial charge in [0.1, 0.15) is 0 Å². The summed E-state index contributed by atoms with van der Waals surface area (Å²) in [5.41, 5.74) is 2.14. The standard InChI is InChI=1S/C16H22N2O3.C16H26N2O/c1-21-12-9-17-15(19)13-7-10-18(11-8-13)16(20)14-5-3-2-4-6-14;1-19-12-9-17-13-15-7-10-18(11-8-15)14-16-5-3-2-4-6-16/h2-6,13H,7-12H2,1H3,(H,17,19);2-6,15,17H,7-14H2,1H3. The maximum Gasteiger partial charge on any atom is 0.253 e. The van der Waals surface area contributed by atoms with E-state index in [0.29, 0.717) is 31.8 Å². The molecule has 0 atom stereocenters. The average Bonchev–Trinajstić information content (AvgIpc) is 3.01. The minimum atomic E-state index is 0.00156. The summed E-state index contributed by atoms with van der Waals surface area (Å²) in [6.07, 6.45) is 4.06. The molecule has 40 heavy (non-hydrogen) atoms. The Hall–Kier alpha value is -2.78. The molecule has 2 saturated heterocycles. The van der Waals surface area contributed by atoms with E-state index in [1.54, 1.807) is 14.2 Å². The third-order valence-electron chi connectivity index (χ3n) is 7.65. The molecular formula is C32H48N4O4. The van der Waals surface area contributed by atoms with E-state index in [0.717, 1.165) is 45.0 Å². The van der Waals surface area contributed by atoms with Gasteiger partial charge in [-0.15, -0.1) is 0 Å². The van der Waals surface area contributed by atoms with Crippen LogP contribution in [0, 0.1) is 11.8 Å². The first-order valence-electron chi connectivity index (χ1n) is 14.7. The number of amides is 2. The molecule has 2 aromatic rings. The highest BCUT2D eigenvalue weighted by Crippen LogP contribution is 2.20. The first-order chi connectivity index (χ1) is 19.6. The lowest BCUT2D eigenvalue weighted by atomic mass is 9.95. The number of benzene rings is 2. The first kappa shape index (κ1) is 31.7. The third-order valence-corrected chi connectivity index (χ3v) is 7.65. The fourth-order valence-electron chi connectivity index (χ4n) is 5.20. The second-order valence-corrected chi connectivity index (χ2v) is 10.6. The van der Waals surface area contributed by atoms with Crippen molar-refractivity contribution in [1.29, 1.82) is 0 Å². The minimum Gasteiger partial charge on any atom is -0.383 e. The Kier molecular flexibility index (Phi) is 14.7. The van der Waals surface area contributed by atoms with E-state index in [1.165, 1.54) is 31.5 Å². The third kappa shape index (κ3) is 11.4. The number of methoxy groups -OCH3 is 2. The van der Waals surface area contributed by atoms with Crippen molar-refractivity contribution in [2.75, 3.05) is 73.2 Å². The number of rotatable bonds is 12. The SMILES string of the molecule is COCCNC(=O)C1CCN(C(=O)c2ccccc2)CC1.COCCNCC1CCN(Cc2ccccc2)CC1. The van der Waals surface area contributed by atoms with Crippen molar-refractivity contribution in [3.63, 3.8) is 0 Å². The molecule has 4 rings (SSSR count). The van der Waals surface area contributed by atoms with Crippen molar-refractivity contribution < 1.29 is 19.1 Å². The zero-order valence-electron chi connectivity index (χ0n) is 24.4. The van der Waals surface area contributed by atoms with Crippen LogP contribution in [0.2, 0.25) is 0 Å². The van der Waals surface area contributed by atoms with E-state index in [2.05, 4.69) is 45.9 Å². The van der Waals surface area contributed by atoms with E-state index in [-0.39, 0.29) is 17.7 Å². The van der Waals surface area contributed by atoms with Crippen molar-refractivity contribution in [2.45, 2.75) is 32.2 Å². The summed E-state index contributed by atoms with van der Waals surface area (Å²) >= 11 is 0. The van der Waals surface area contributed by atoms with Crippen LogP contribution in [-0.2, 0) is 20.8 Å². The Labute approximate surface area is 240 Å². The molecule has 2 fully saturated rings. The summed E-state index contributed by atoms with van der Waals surface area (Å²) < 4.78 is 9.95. The van der Waals surface area contributed by atoms with Gasteiger partial charge in [0.25, 0.3) is 5.91 Å². The number of ether oxygens (including phenoxy) is 2. The zero-order chi connectivity index (χ0) is 28.4. The number of nitrogens with one attached hydrogen (secondary N) is 2. The van der Waals surface area contributed by atoms with E-state index in [1.807, 2.05) is 35.2 Å². The number of carbonyl (C=O) groups excluding carboxylic acids is 2. The molecule has 2 aromatic carbocycles. The maximum absolute atomic E-state index is 12.3. The highest BCUT2D eigenvalue weighted by molar-refractivity contribution is 5.94. The van der Waals surface area contributed by atoms with Crippen molar-refractivity contribution in [2.24, 2.45) is 11.8 Å². The van der Waals surface area contributed by atoms with Gasteiger partial charge in [0.15, 0.2) is 0 Å². The lowest BCUT2D eigenvalue weighted by Gasteiger charge is -2.32. The summed E-state index contributed by atoms with van der Waals surface area (Å²) in [5.74, 6) is 0.957.